The maximum atomic E-state index is 5.63. The number of rotatable bonds is 9. The lowest BCUT2D eigenvalue weighted by molar-refractivity contribution is 0.251. The summed E-state index contributed by atoms with van der Waals surface area (Å²) in [5.74, 6) is 0.943. The maximum absolute atomic E-state index is 5.63. The van der Waals surface area contributed by atoms with Gasteiger partial charge in [0.15, 0.2) is 5.65 Å². The van der Waals surface area contributed by atoms with E-state index in [1.165, 1.54) is 0 Å². The highest BCUT2D eigenvalue weighted by Gasteiger charge is 2.21. The SMILES string of the molecule is CCC(CN(CC)CC)n1cc(C)c2nc(-c3ccc(C(C)C)nc3OC)c(C)nc21. The van der Waals surface area contributed by atoms with Gasteiger partial charge in [-0.2, -0.15) is 0 Å². The first-order chi connectivity index (χ1) is 14.8. The molecule has 1 unspecified atom stereocenters. The van der Waals surface area contributed by atoms with Gasteiger partial charge in [0.1, 0.15) is 5.52 Å². The number of ether oxygens (including phenoxy) is 1. The first kappa shape index (κ1) is 23.2. The summed E-state index contributed by atoms with van der Waals surface area (Å²) in [6.07, 6.45) is 3.26. The molecule has 0 saturated heterocycles. The molecule has 3 aromatic heterocycles. The van der Waals surface area contributed by atoms with E-state index in [9.17, 15) is 0 Å². The third kappa shape index (κ3) is 4.59. The number of methoxy groups -OCH3 is 1. The van der Waals surface area contributed by atoms with Gasteiger partial charge in [-0.15, -0.1) is 0 Å². The molecule has 168 valence electrons. The van der Waals surface area contributed by atoms with Gasteiger partial charge in [-0.05, 0) is 57.0 Å². The van der Waals surface area contributed by atoms with Crippen molar-refractivity contribution in [3.8, 4) is 17.1 Å². The van der Waals surface area contributed by atoms with Crippen LogP contribution in [0.2, 0.25) is 0 Å². The van der Waals surface area contributed by atoms with Gasteiger partial charge in [-0.25, -0.2) is 15.0 Å². The molecular weight excluding hydrogens is 386 g/mol. The summed E-state index contributed by atoms with van der Waals surface area (Å²) >= 11 is 0. The minimum Gasteiger partial charge on any atom is -0.480 e. The van der Waals surface area contributed by atoms with Gasteiger partial charge in [0, 0.05) is 24.5 Å². The number of hydrogen-bond acceptors (Lipinski definition) is 5. The first-order valence-electron chi connectivity index (χ1n) is 11.5. The summed E-state index contributed by atoms with van der Waals surface area (Å²) in [4.78, 5) is 17.3. The highest BCUT2D eigenvalue weighted by molar-refractivity contribution is 5.81. The number of fused-ring (bicyclic) bond motifs is 1. The zero-order chi connectivity index (χ0) is 22.7. The Kier molecular flexibility index (Phi) is 7.31. The number of likely N-dealkylation sites (N-methyl/N-ethyl adjacent to an activating group) is 1. The number of hydrogen-bond donors (Lipinski definition) is 0. The van der Waals surface area contributed by atoms with E-state index in [2.05, 4.69) is 69.3 Å². The van der Waals surface area contributed by atoms with E-state index in [0.717, 1.165) is 65.4 Å². The molecular formula is C25H37N5O. The maximum Gasteiger partial charge on any atom is 0.222 e. The van der Waals surface area contributed by atoms with E-state index in [0.29, 0.717) is 17.8 Å². The van der Waals surface area contributed by atoms with Crippen molar-refractivity contribution in [2.24, 2.45) is 0 Å². The fourth-order valence-corrected chi connectivity index (χ4v) is 4.12. The molecule has 0 fully saturated rings. The van der Waals surface area contributed by atoms with Crippen molar-refractivity contribution in [3.05, 3.63) is 35.3 Å². The Hall–Kier alpha value is -2.47. The third-order valence-corrected chi connectivity index (χ3v) is 6.15. The fraction of sp³-hybridized carbons (Fsp3) is 0.560. The molecule has 6 nitrogen and oxygen atoms in total. The van der Waals surface area contributed by atoms with Gasteiger partial charge in [-0.3, -0.25) is 0 Å². The van der Waals surface area contributed by atoms with Gasteiger partial charge < -0.3 is 14.2 Å². The molecule has 0 radical (unpaired) electrons. The highest BCUT2D eigenvalue weighted by Crippen LogP contribution is 2.33. The van der Waals surface area contributed by atoms with Crippen molar-refractivity contribution in [1.82, 2.24) is 24.4 Å². The smallest absolute Gasteiger partial charge is 0.222 e. The summed E-state index contributed by atoms with van der Waals surface area (Å²) in [7, 11) is 1.66. The lowest BCUT2D eigenvalue weighted by atomic mass is 10.1. The second-order valence-corrected chi connectivity index (χ2v) is 8.54. The van der Waals surface area contributed by atoms with Crippen LogP contribution < -0.4 is 4.74 Å². The summed E-state index contributed by atoms with van der Waals surface area (Å²) in [6.45, 7) is 18.2. The highest BCUT2D eigenvalue weighted by atomic mass is 16.5. The first-order valence-corrected chi connectivity index (χ1v) is 11.5. The van der Waals surface area contributed by atoms with Crippen LogP contribution in [-0.2, 0) is 0 Å². The van der Waals surface area contributed by atoms with Crippen LogP contribution in [0.5, 0.6) is 5.88 Å². The van der Waals surface area contributed by atoms with Crippen LogP contribution in [0.4, 0.5) is 0 Å². The molecule has 0 bridgehead atoms. The molecule has 0 N–H and O–H groups in total. The molecule has 0 aliphatic heterocycles. The molecule has 0 spiro atoms. The lowest BCUT2D eigenvalue weighted by Crippen LogP contribution is -2.30. The predicted molar refractivity (Wildman–Crippen MR) is 128 cm³/mol. The van der Waals surface area contributed by atoms with Crippen molar-refractivity contribution >= 4 is 11.2 Å². The van der Waals surface area contributed by atoms with E-state index in [1.807, 2.05) is 6.92 Å². The Morgan fingerprint density at radius 3 is 2.32 bits per heavy atom. The van der Waals surface area contributed by atoms with Crippen LogP contribution in [0.15, 0.2) is 18.3 Å². The summed E-state index contributed by atoms with van der Waals surface area (Å²) in [5, 5.41) is 0. The fourth-order valence-electron chi connectivity index (χ4n) is 4.12. The monoisotopic (exact) mass is 423 g/mol. The number of aryl methyl sites for hydroxylation is 2. The Labute approximate surface area is 186 Å². The van der Waals surface area contributed by atoms with Gasteiger partial charge in [0.05, 0.1) is 24.1 Å². The van der Waals surface area contributed by atoms with Crippen LogP contribution >= 0.6 is 0 Å². The van der Waals surface area contributed by atoms with E-state index >= 15 is 0 Å². The lowest BCUT2D eigenvalue weighted by Gasteiger charge is -2.26. The summed E-state index contributed by atoms with van der Waals surface area (Å²) < 4.78 is 7.95. The van der Waals surface area contributed by atoms with Crippen LogP contribution in [-0.4, -0.2) is 51.2 Å². The van der Waals surface area contributed by atoms with Crippen LogP contribution in [0.1, 0.15) is 70.0 Å². The topological polar surface area (TPSA) is 56.1 Å². The van der Waals surface area contributed by atoms with Gasteiger partial charge >= 0.3 is 0 Å². The van der Waals surface area contributed by atoms with E-state index in [1.54, 1.807) is 7.11 Å². The number of pyridine rings is 1. The number of nitrogens with zero attached hydrogens (tertiary/aromatic N) is 5. The molecule has 6 heteroatoms. The average molecular weight is 424 g/mol. The Bertz CT molecular complexity index is 1040. The van der Waals surface area contributed by atoms with Gasteiger partial charge in [-0.1, -0.05) is 34.6 Å². The van der Waals surface area contributed by atoms with Crippen LogP contribution in [0.3, 0.4) is 0 Å². The van der Waals surface area contributed by atoms with E-state index in [4.69, 9.17) is 19.7 Å². The zero-order valence-electron chi connectivity index (χ0n) is 20.4. The molecule has 3 aromatic rings. The number of aromatic nitrogens is 4. The quantitative estimate of drug-likeness (QED) is 0.452. The van der Waals surface area contributed by atoms with Crippen molar-refractivity contribution < 1.29 is 4.74 Å². The van der Waals surface area contributed by atoms with E-state index in [-0.39, 0.29) is 0 Å². The minimum absolute atomic E-state index is 0.339. The van der Waals surface area contributed by atoms with Gasteiger partial charge in [0.25, 0.3) is 0 Å². The van der Waals surface area contributed by atoms with Crippen LogP contribution in [0.25, 0.3) is 22.4 Å². The molecule has 0 saturated carbocycles. The molecule has 0 aromatic carbocycles. The normalized spacial score (nSPS) is 12.8. The molecule has 3 heterocycles. The molecule has 1 atom stereocenters. The van der Waals surface area contributed by atoms with Crippen molar-refractivity contribution in [2.75, 3.05) is 26.7 Å². The van der Waals surface area contributed by atoms with Crippen LogP contribution in [0, 0.1) is 13.8 Å². The Morgan fingerprint density at radius 2 is 1.74 bits per heavy atom. The molecule has 0 aliphatic rings. The van der Waals surface area contributed by atoms with Crippen molar-refractivity contribution in [3.63, 3.8) is 0 Å². The molecule has 0 aliphatic carbocycles. The molecule has 0 amide bonds. The summed E-state index contributed by atoms with van der Waals surface area (Å²) in [5.41, 5.74) is 6.69. The minimum atomic E-state index is 0.339. The van der Waals surface area contributed by atoms with Crippen molar-refractivity contribution in [1.29, 1.82) is 0 Å². The predicted octanol–water partition coefficient (Wildman–Crippen LogP) is 5.54. The standard InChI is InChI=1S/C25H37N5O/c1-9-19(15-29(10-2)11-3)30-14-17(6)22-24(30)26-18(7)23(28-22)20-12-13-21(16(4)5)27-25(20)31-8/h12-14,16,19H,9-11,15H2,1-8H3. The van der Waals surface area contributed by atoms with Crippen molar-refractivity contribution in [2.45, 2.75) is 66.8 Å². The second kappa shape index (κ2) is 9.77. The third-order valence-electron chi connectivity index (χ3n) is 6.15. The molecule has 3 rings (SSSR count). The zero-order valence-corrected chi connectivity index (χ0v) is 20.4. The Balaban J connectivity index is 2.11. The molecule has 31 heavy (non-hydrogen) atoms. The second-order valence-electron chi connectivity index (χ2n) is 8.54. The van der Waals surface area contributed by atoms with Gasteiger partial charge in [0.2, 0.25) is 5.88 Å². The Morgan fingerprint density at radius 1 is 1.03 bits per heavy atom. The summed E-state index contributed by atoms with van der Waals surface area (Å²) in [6, 6.07) is 4.49. The van der Waals surface area contributed by atoms with E-state index < -0.39 is 0 Å². The average Bonchev–Trinajstić information content (AvgIpc) is 3.08. The largest absolute Gasteiger partial charge is 0.480 e.